The predicted molar refractivity (Wildman–Crippen MR) is 103 cm³/mol. The first-order valence-electron chi connectivity index (χ1n) is 8.31. The Labute approximate surface area is 144 Å². The number of nitrogens with zero attached hydrogens (tertiary/aromatic N) is 2. The molecule has 0 radical (unpaired) electrons. The van der Waals surface area contributed by atoms with Gasteiger partial charge in [0.1, 0.15) is 5.84 Å². The summed E-state index contributed by atoms with van der Waals surface area (Å²) in [6.07, 6.45) is 5.21. The Bertz CT molecular complexity index is 702. The van der Waals surface area contributed by atoms with Crippen LogP contribution in [0.3, 0.4) is 0 Å². The van der Waals surface area contributed by atoms with Gasteiger partial charge in [0.25, 0.3) is 0 Å². The minimum atomic E-state index is 0.248. The number of allylic oxidation sites excluding steroid dienone is 1. The van der Waals surface area contributed by atoms with Crippen molar-refractivity contribution in [3.63, 3.8) is 0 Å². The van der Waals surface area contributed by atoms with Crippen molar-refractivity contribution in [2.24, 2.45) is 4.99 Å². The number of aliphatic imine (C=N–C) groups is 1. The van der Waals surface area contributed by atoms with E-state index in [0.717, 1.165) is 23.4 Å². The van der Waals surface area contributed by atoms with Gasteiger partial charge in [-0.25, -0.2) is 4.99 Å². The van der Waals surface area contributed by atoms with Crippen molar-refractivity contribution in [1.82, 2.24) is 4.90 Å². The Kier molecular flexibility index (Phi) is 6.50. The van der Waals surface area contributed by atoms with Crippen LogP contribution in [0.2, 0.25) is 0 Å². The lowest BCUT2D eigenvalue weighted by Gasteiger charge is -2.28. The van der Waals surface area contributed by atoms with E-state index in [9.17, 15) is 0 Å². The Balaban J connectivity index is 2.43. The summed E-state index contributed by atoms with van der Waals surface area (Å²) < 4.78 is 0. The average molecular weight is 319 g/mol. The highest BCUT2D eigenvalue weighted by Crippen LogP contribution is 2.13. The molecule has 1 N–H and O–H groups in total. The van der Waals surface area contributed by atoms with Crippen LogP contribution in [0, 0.1) is 5.41 Å². The zero-order chi connectivity index (χ0) is 17.4. The molecule has 0 amide bonds. The Hall–Kier alpha value is -2.68. The third-order valence-electron chi connectivity index (χ3n) is 3.96. The molecule has 0 spiro atoms. The Morgan fingerprint density at radius 2 is 1.58 bits per heavy atom. The van der Waals surface area contributed by atoms with Gasteiger partial charge in [0.05, 0.1) is 0 Å². The van der Waals surface area contributed by atoms with E-state index in [4.69, 9.17) is 5.41 Å². The molecule has 3 nitrogen and oxygen atoms in total. The predicted octanol–water partition coefficient (Wildman–Crippen LogP) is 4.75. The number of benzene rings is 2. The summed E-state index contributed by atoms with van der Waals surface area (Å²) in [4.78, 5) is 6.81. The number of hydrogen-bond donors (Lipinski definition) is 1. The molecule has 0 aromatic heterocycles. The highest BCUT2D eigenvalue weighted by Gasteiger charge is 2.17. The molecule has 0 saturated heterocycles. The second-order valence-electron chi connectivity index (χ2n) is 5.63. The summed E-state index contributed by atoms with van der Waals surface area (Å²) in [5, 5.41) is 8.37. The molecule has 0 saturated carbocycles. The average Bonchev–Trinajstić information content (AvgIpc) is 2.65. The second-order valence-corrected chi connectivity index (χ2v) is 5.63. The van der Waals surface area contributed by atoms with Gasteiger partial charge in [0.15, 0.2) is 5.84 Å². The molecule has 1 unspecified atom stereocenters. The first kappa shape index (κ1) is 17.7. The molecule has 2 aromatic rings. The normalized spacial score (nSPS) is 13.0. The molecule has 0 aliphatic rings. The van der Waals surface area contributed by atoms with Crippen molar-refractivity contribution < 1.29 is 0 Å². The van der Waals surface area contributed by atoms with Crippen molar-refractivity contribution in [1.29, 1.82) is 5.41 Å². The quantitative estimate of drug-likeness (QED) is 0.482. The third kappa shape index (κ3) is 4.42. The fourth-order valence-electron chi connectivity index (χ4n) is 2.62. The van der Waals surface area contributed by atoms with E-state index < -0.39 is 0 Å². The fourth-order valence-corrected chi connectivity index (χ4v) is 2.62. The van der Waals surface area contributed by atoms with Crippen LogP contribution in [-0.4, -0.2) is 29.7 Å². The number of rotatable bonds is 5. The molecule has 0 aliphatic heterocycles. The zero-order valence-electron chi connectivity index (χ0n) is 14.6. The van der Waals surface area contributed by atoms with Crippen LogP contribution in [0.4, 0.5) is 0 Å². The van der Waals surface area contributed by atoms with Crippen LogP contribution in [0.15, 0.2) is 77.8 Å². The number of likely N-dealkylation sites (N-methyl/N-ethyl adjacent to an activating group) is 1. The van der Waals surface area contributed by atoms with E-state index in [-0.39, 0.29) is 11.9 Å². The largest absolute Gasteiger partial charge is 0.353 e. The van der Waals surface area contributed by atoms with Gasteiger partial charge in [-0.1, -0.05) is 79.7 Å². The lowest BCUT2D eigenvalue weighted by Crippen LogP contribution is -2.36. The fraction of sp³-hybridized carbons (Fsp3) is 0.238. The summed E-state index contributed by atoms with van der Waals surface area (Å²) in [6.45, 7) is 4.19. The standard InChI is InChI=1S/C21H25N3/c1-4-12-19(5-2)24(3)21(18-15-10-7-11-16-18)23-20(22)17-13-8-6-9-14-17/h4,6-16,19,22H,5H2,1-3H3. The summed E-state index contributed by atoms with van der Waals surface area (Å²) in [5.41, 5.74) is 1.84. The van der Waals surface area contributed by atoms with Crippen LogP contribution < -0.4 is 0 Å². The number of nitrogens with one attached hydrogen (secondary N) is 1. The maximum atomic E-state index is 8.37. The van der Waals surface area contributed by atoms with Crippen molar-refractivity contribution in [3.05, 3.63) is 83.9 Å². The maximum Gasteiger partial charge on any atom is 0.154 e. The molecule has 1 atom stereocenters. The SMILES string of the molecule is CC=CC(CC)N(C)C(=NC(=N)c1ccccc1)c1ccccc1. The molecule has 0 fully saturated rings. The first-order valence-corrected chi connectivity index (χ1v) is 8.31. The lowest BCUT2D eigenvalue weighted by molar-refractivity contribution is 0.416. The van der Waals surface area contributed by atoms with E-state index in [2.05, 4.69) is 29.0 Å². The molecule has 2 aromatic carbocycles. The van der Waals surface area contributed by atoms with Gasteiger partial charge < -0.3 is 4.90 Å². The van der Waals surface area contributed by atoms with Crippen LogP contribution in [0.25, 0.3) is 0 Å². The molecule has 2 rings (SSSR count). The number of hydrogen-bond acceptors (Lipinski definition) is 1. The Morgan fingerprint density at radius 3 is 2.08 bits per heavy atom. The summed E-state index contributed by atoms with van der Waals surface area (Å²) in [5.74, 6) is 1.09. The van der Waals surface area contributed by atoms with Gasteiger partial charge in [-0.05, 0) is 13.3 Å². The van der Waals surface area contributed by atoms with E-state index in [1.807, 2.05) is 74.6 Å². The molecule has 0 aliphatic carbocycles. The van der Waals surface area contributed by atoms with Crippen LogP contribution in [0.1, 0.15) is 31.4 Å². The highest BCUT2D eigenvalue weighted by atomic mass is 15.2. The van der Waals surface area contributed by atoms with Gasteiger partial charge >= 0.3 is 0 Å². The van der Waals surface area contributed by atoms with Gasteiger partial charge in [0, 0.05) is 24.2 Å². The monoisotopic (exact) mass is 319 g/mol. The molecule has 0 bridgehead atoms. The molecule has 124 valence electrons. The second kappa shape index (κ2) is 8.82. The van der Waals surface area contributed by atoms with Crippen molar-refractivity contribution >= 4 is 11.7 Å². The topological polar surface area (TPSA) is 39.5 Å². The lowest BCUT2D eigenvalue weighted by atomic mass is 10.1. The van der Waals surface area contributed by atoms with Crippen LogP contribution >= 0.6 is 0 Å². The molecule has 24 heavy (non-hydrogen) atoms. The summed E-state index contributed by atoms with van der Waals surface area (Å²) in [7, 11) is 2.04. The highest BCUT2D eigenvalue weighted by molar-refractivity contribution is 6.10. The summed E-state index contributed by atoms with van der Waals surface area (Å²) in [6, 6.07) is 20.0. The summed E-state index contributed by atoms with van der Waals surface area (Å²) >= 11 is 0. The maximum absolute atomic E-state index is 8.37. The van der Waals surface area contributed by atoms with E-state index in [0.29, 0.717) is 0 Å². The smallest absolute Gasteiger partial charge is 0.154 e. The van der Waals surface area contributed by atoms with Crippen LogP contribution in [0.5, 0.6) is 0 Å². The van der Waals surface area contributed by atoms with E-state index in [1.165, 1.54) is 0 Å². The molecular weight excluding hydrogens is 294 g/mol. The molecular formula is C21H25N3. The van der Waals surface area contributed by atoms with E-state index >= 15 is 0 Å². The van der Waals surface area contributed by atoms with Crippen LogP contribution in [-0.2, 0) is 0 Å². The minimum absolute atomic E-state index is 0.248. The van der Waals surface area contributed by atoms with Crippen molar-refractivity contribution in [3.8, 4) is 0 Å². The van der Waals surface area contributed by atoms with Crippen molar-refractivity contribution in [2.45, 2.75) is 26.3 Å². The van der Waals surface area contributed by atoms with Gasteiger partial charge in [-0.15, -0.1) is 0 Å². The Morgan fingerprint density at radius 1 is 1.04 bits per heavy atom. The molecule has 0 heterocycles. The first-order chi connectivity index (χ1) is 11.7. The zero-order valence-corrected chi connectivity index (χ0v) is 14.6. The van der Waals surface area contributed by atoms with Crippen molar-refractivity contribution in [2.75, 3.05) is 7.05 Å². The minimum Gasteiger partial charge on any atom is -0.353 e. The van der Waals surface area contributed by atoms with E-state index in [1.54, 1.807) is 0 Å². The molecule has 3 heteroatoms. The van der Waals surface area contributed by atoms with Gasteiger partial charge in [0.2, 0.25) is 0 Å². The van der Waals surface area contributed by atoms with Gasteiger partial charge in [-0.3, -0.25) is 5.41 Å². The van der Waals surface area contributed by atoms with Gasteiger partial charge in [-0.2, -0.15) is 0 Å². The number of amidine groups is 2. The third-order valence-corrected chi connectivity index (χ3v) is 3.96.